The van der Waals surface area contributed by atoms with Crippen molar-refractivity contribution in [3.63, 3.8) is 0 Å². The van der Waals surface area contributed by atoms with Gasteiger partial charge in [0.25, 0.3) is 0 Å². The Morgan fingerprint density at radius 1 is 1.42 bits per heavy atom. The molecule has 1 aromatic rings. The molecule has 0 saturated carbocycles. The summed E-state index contributed by atoms with van der Waals surface area (Å²) >= 11 is 0. The molecule has 4 nitrogen and oxygen atoms in total. The van der Waals surface area contributed by atoms with E-state index in [9.17, 15) is 9.90 Å². The molecule has 106 valence electrons. The van der Waals surface area contributed by atoms with Crippen LogP contribution in [0.2, 0.25) is 0 Å². The third-order valence-corrected chi connectivity index (χ3v) is 3.67. The molecule has 19 heavy (non-hydrogen) atoms. The van der Waals surface area contributed by atoms with E-state index in [1.807, 2.05) is 45.0 Å². The molecule has 0 spiro atoms. The summed E-state index contributed by atoms with van der Waals surface area (Å²) in [5.74, 6) is 0.131. The van der Waals surface area contributed by atoms with Crippen molar-refractivity contribution in [2.45, 2.75) is 39.7 Å². The molecule has 0 aromatic heterocycles. The number of amides is 2. The number of aliphatic hydroxyl groups is 1. The van der Waals surface area contributed by atoms with Gasteiger partial charge in [0.1, 0.15) is 0 Å². The maximum Gasteiger partial charge on any atom is 0.319 e. The molecule has 3 N–H and O–H groups in total. The van der Waals surface area contributed by atoms with E-state index in [1.165, 1.54) is 0 Å². The van der Waals surface area contributed by atoms with Crippen molar-refractivity contribution in [2.24, 2.45) is 5.92 Å². The third kappa shape index (κ3) is 4.56. The predicted molar refractivity (Wildman–Crippen MR) is 78.3 cm³/mol. The number of aryl methyl sites for hydroxylation is 1. The van der Waals surface area contributed by atoms with Gasteiger partial charge in [0.05, 0.1) is 5.60 Å². The van der Waals surface area contributed by atoms with Crippen LogP contribution in [0.25, 0.3) is 0 Å². The van der Waals surface area contributed by atoms with E-state index >= 15 is 0 Å². The van der Waals surface area contributed by atoms with Crippen molar-refractivity contribution < 1.29 is 9.90 Å². The van der Waals surface area contributed by atoms with E-state index in [1.54, 1.807) is 6.92 Å². The molecule has 0 aliphatic heterocycles. The molecule has 0 aliphatic rings. The highest BCUT2D eigenvalue weighted by atomic mass is 16.3. The first-order valence-corrected chi connectivity index (χ1v) is 6.69. The van der Waals surface area contributed by atoms with Crippen LogP contribution in [0.1, 0.15) is 32.8 Å². The van der Waals surface area contributed by atoms with Crippen molar-refractivity contribution in [1.82, 2.24) is 5.32 Å². The SMILES string of the molecule is CCC(C)C(C)(O)CNC(=O)Nc1ccccc1C. The number of benzene rings is 1. The molecule has 0 bridgehead atoms. The van der Waals surface area contributed by atoms with Crippen molar-refractivity contribution >= 4 is 11.7 Å². The number of para-hydroxylation sites is 1. The number of hydrogen-bond acceptors (Lipinski definition) is 2. The van der Waals surface area contributed by atoms with Crippen LogP contribution in [0.4, 0.5) is 10.5 Å². The second kappa shape index (κ2) is 6.57. The second-order valence-electron chi connectivity index (χ2n) is 5.29. The van der Waals surface area contributed by atoms with Crippen LogP contribution in [0.15, 0.2) is 24.3 Å². The number of anilines is 1. The molecular formula is C15H24N2O2. The molecular weight excluding hydrogens is 240 g/mol. The van der Waals surface area contributed by atoms with Crippen LogP contribution in [0.5, 0.6) is 0 Å². The summed E-state index contributed by atoms with van der Waals surface area (Å²) in [6, 6.07) is 7.29. The number of carbonyl (C=O) groups excluding carboxylic acids is 1. The van der Waals surface area contributed by atoms with Gasteiger partial charge in [0, 0.05) is 12.2 Å². The average Bonchev–Trinajstić information content (AvgIpc) is 2.38. The van der Waals surface area contributed by atoms with E-state index in [2.05, 4.69) is 10.6 Å². The maximum absolute atomic E-state index is 11.8. The van der Waals surface area contributed by atoms with Crippen LogP contribution in [-0.4, -0.2) is 23.3 Å². The van der Waals surface area contributed by atoms with E-state index in [0.29, 0.717) is 0 Å². The number of hydrogen-bond donors (Lipinski definition) is 3. The monoisotopic (exact) mass is 264 g/mol. The van der Waals surface area contributed by atoms with Crippen LogP contribution in [-0.2, 0) is 0 Å². The first-order valence-electron chi connectivity index (χ1n) is 6.69. The van der Waals surface area contributed by atoms with E-state index in [-0.39, 0.29) is 18.5 Å². The quantitative estimate of drug-likeness (QED) is 0.765. The van der Waals surface area contributed by atoms with Gasteiger partial charge in [-0.25, -0.2) is 4.79 Å². The fourth-order valence-corrected chi connectivity index (χ4v) is 1.75. The molecule has 0 fully saturated rings. The Balaban J connectivity index is 2.51. The lowest BCUT2D eigenvalue weighted by molar-refractivity contribution is 0.00827. The largest absolute Gasteiger partial charge is 0.388 e. The lowest BCUT2D eigenvalue weighted by Gasteiger charge is -2.29. The highest BCUT2D eigenvalue weighted by Gasteiger charge is 2.27. The van der Waals surface area contributed by atoms with Crippen LogP contribution < -0.4 is 10.6 Å². The fourth-order valence-electron chi connectivity index (χ4n) is 1.75. The summed E-state index contributed by atoms with van der Waals surface area (Å²) in [5, 5.41) is 15.7. The maximum atomic E-state index is 11.8. The number of nitrogens with one attached hydrogen (secondary N) is 2. The Hall–Kier alpha value is -1.55. The lowest BCUT2D eigenvalue weighted by atomic mass is 9.89. The Kier molecular flexibility index (Phi) is 5.36. The molecule has 0 saturated heterocycles. The zero-order valence-corrected chi connectivity index (χ0v) is 12.2. The topological polar surface area (TPSA) is 61.4 Å². The minimum absolute atomic E-state index is 0.131. The van der Waals surface area contributed by atoms with Gasteiger partial charge >= 0.3 is 6.03 Å². The molecule has 2 unspecified atom stereocenters. The Bertz CT molecular complexity index is 430. The summed E-state index contributed by atoms with van der Waals surface area (Å²) in [4.78, 5) is 11.8. The van der Waals surface area contributed by atoms with Gasteiger partial charge in [-0.3, -0.25) is 0 Å². The summed E-state index contributed by atoms with van der Waals surface area (Å²) in [7, 11) is 0. The van der Waals surface area contributed by atoms with Gasteiger partial charge in [-0.15, -0.1) is 0 Å². The zero-order valence-electron chi connectivity index (χ0n) is 12.2. The number of rotatable bonds is 5. The molecule has 2 amide bonds. The fraction of sp³-hybridized carbons (Fsp3) is 0.533. The summed E-state index contributed by atoms with van der Waals surface area (Å²) in [6.07, 6.45) is 0.869. The van der Waals surface area contributed by atoms with Crippen LogP contribution >= 0.6 is 0 Å². The second-order valence-corrected chi connectivity index (χ2v) is 5.29. The molecule has 1 rings (SSSR count). The normalized spacial score (nSPS) is 15.4. The molecule has 2 atom stereocenters. The molecule has 4 heteroatoms. The van der Waals surface area contributed by atoms with Crippen molar-refractivity contribution in [3.05, 3.63) is 29.8 Å². The standard InChI is InChI=1S/C15H24N2O2/c1-5-12(3)15(4,19)10-16-14(18)17-13-9-7-6-8-11(13)2/h6-9,12,19H,5,10H2,1-4H3,(H2,16,17,18). The van der Waals surface area contributed by atoms with Crippen molar-refractivity contribution in [2.75, 3.05) is 11.9 Å². The van der Waals surface area contributed by atoms with E-state index in [4.69, 9.17) is 0 Å². The number of urea groups is 1. The lowest BCUT2D eigenvalue weighted by Crippen LogP contribution is -2.46. The zero-order chi connectivity index (χ0) is 14.5. The summed E-state index contributed by atoms with van der Waals surface area (Å²) in [5.41, 5.74) is 0.896. The predicted octanol–water partition coefficient (Wildman–Crippen LogP) is 2.91. The van der Waals surface area contributed by atoms with Crippen LogP contribution in [0, 0.1) is 12.8 Å². The van der Waals surface area contributed by atoms with Gasteiger partial charge in [-0.2, -0.15) is 0 Å². The Morgan fingerprint density at radius 2 is 2.05 bits per heavy atom. The number of carbonyl (C=O) groups is 1. The van der Waals surface area contributed by atoms with E-state index in [0.717, 1.165) is 17.7 Å². The first-order chi connectivity index (χ1) is 8.86. The molecule has 0 heterocycles. The van der Waals surface area contributed by atoms with Gasteiger partial charge in [-0.1, -0.05) is 38.5 Å². The highest BCUT2D eigenvalue weighted by Crippen LogP contribution is 2.19. The molecule has 1 aromatic carbocycles. The van der Waals surface area contributed by atoms with Crippen molar-refractivity contribution in [1.29, 1.82) is 0 Å². The Morgan fingerprint density at radius 3 is 2.63 bits per heavy atom. The van der Waals surface area contributed by atoms with Gasteiger partial charge in [0.2, 0.25) is 0 Å². The van der Waals surface area contributed by atoms with Gasteiger partial charge < -0.3 is 15.7 Å². The van der Waals surface area contributed by atoms with Crippen LogP contribution in [0.3, 0.4) is 0 Å². The smallest absolute Gasteiger partial charge is 0.319 e. The van der Waals surface area contributed by atoms with Gasteiger partial charge in [0.15, 0.2) is 0 Å². The minimum atomic E-state index is -0.891. The average molecular weight is 264 g/mol. The minimum Gasteiger partial charge on any atom is -0.388 e. The summed E-state index contributed by atoms with van der Waals surface area (Å²) in [6.45, 7) is 7.91. The molecule has 0 radical (unpaired) electrons. The molecule has 0 aliphatic carbocycles. The Labute approximate surface area is 115 Å². The third-order valence-electron chi connectivity index (χ3n) is 3.67. The van der Waals surface area contributed by atoms with E-state index < -0.39 is 5.60 Å². The van der Waals surface area contributed by atoms with Crippen molar-refractivity contribution in [3.8, 4) is 0 Å². The van der Waals surface area contributed by atoms with Gasteiger partial charge in [-0.05, 0) is 31.4 Å². The highest BCUT2D eigenvalue weighted by molar-refractivity contribution is 5.90. The first kappa shape index (κ1) is 15.5. The summed E-state index contributed by atoms with van der Waals surface area (Å²) < 4.78 is 0.